The predicted octanol–water partition coefficient (Wildman–Crippen LogP) is 2.61. The highest BCUT2D eigenvalue weighted by Crippen LogP contribution is 2.30. The van der Waals surface area contributed by atoms with Crippen molar-refractivity contribution < 1.29 is 17.9 Å². The van der Waals surface area contributed by atoms with Crippen LogP contribution in [0.15, 0.2) is 28.5 Å². The van der Waals surface area contributed by atoms with Gasteiger partial charge in [-0.2, -0.15) is 4.98 Å². The van der Waals surface area contributed by atoms with Crippen molar-refractivity contribution in [2.45, 2.75) is 4.21 Å². The van der Waals surface area contributed by atoms with E-state index in [0.717, 1.165) is 11.3 Å². The molecule has 0 unspecified atom stereocenters. The van der Waals surface area contributed by atoms with Gasteiger partial charge < -0.3 is 9.47 Å². The molecule has 0 atom stereocenters. The first-order valence-electron chi connectivity index (χ1n) is 5.33. The molecule has 108 valence electrons. The molecule has 0 fully saturated rings. The standard InChI is InChI=1S/C11H11ClN2O4S2/c1-17-9-5-3-7(11(13-9)18-2)14-20(15,16)10-6-4-8(12)19-10/h3-6,14H,1-2H3. The van der Waals surface area contributed by atoms with E-state index in [1.165, 1.54) is 38.5 Å². The molecule has 0 saturated heterocycles. The van der Waals surface area contributed by atoms with Crippen LogP contribution in [0.2, 0.25) is 4.34 Å². The van der Waals surface area contributed by atoms with Crippen molar-refractivity contribution in [3.63, 3.8) is 0 Å². The third-order valence-corrected chi connectivity index (χ3v) is 5.38. The van der Waals surface area contributed by atoms with Gasteiger partial charge in [-0.25, -0.2) is 8.42 Å². The van der Waals surface area contributed by atoms with Crippen LogP contribution in [-0.4, -0.2) is 27.6 Å². The molecule has 0 saturated carbocycles. The molecule has 0 radical (unpaired) electrons. The summed E-state index contributed by atoms with van der Waals surface area (Å²) in [7, 11) is -0.873. The van der Waals surface area contributed by atoms with E-state index in [0.29, 0.717) is 10.2 Å². The van der Waals surface area contributed by atoms with Crippen molar-refractivity contribution in [3.05, 3.63) is 28.6 Å². The number of sulfonamides is 1. The van der Waals surface area contributed by atoms with Gasteiger partial charge in [-0.05, 0) is 18.2 Å². The maximum Gasteiger partial charge on any atom is 0.271 e. The van der Waals surface area contributed by atoms with E-state index in [1.54, 1.807) is 0 Å². The fourth-order valence-corrected chi connectivity index (χ4v) is 3.95. The second-order valence-electron chi connectivity index (χ2n) is 3.57. The Bertz CT molecular complexity index is 715. The number of pyridine rings is 1. The van der Waals surface area contributed by atoms with Crippen LogP contribution < -0.4 is 14.2 Å². The topological polar surface area (TPSA) is 77.5 Å². The molecule has 0 aromatic carbocycles. The Labute approximate surface area is 125 Å². The number of hydrogen-bond acceptors (Lipinski definition) is 6. The highest BCUT2D eigenvalue weighted by molar-refractivity contribution is 7.94. The third kappa shape index (κ3) is 3.14. The molecule has 2 aromatic rings. The number of methoxy groups -OCH3 is 2. The lowest BCUT2D eigenvalue weighted by atomic mass is 10.4. The van der Waals surface area contributed by atoms with E-state index in [2.05, 4.69) is 9.71 Å². The first-order valence-corrected chi connectivity index (χ1v) is 8.01. The van der Waals surface area contributed by atoms with Gasteiger partial charge in [0.1, 0.15) is 9.90 Å². The molecule has 6 nitrogen and oxygen atoms in total. The fraction of sp³-hybridized carbons (Fsp3) is 0.182. The summed E-state index contributed by atoms with van der Waals surface area (Å²) in [4.78, 5) is 4.00. The molecule has 0 aliphatic heterocycles. The van der Waals surface area contributed by atoms with Gasteiger partial charge >= 0.3 is 0 Å². The van der Waals surface area contributed by atoms with Crippen molar-refractivity contribution >= 4 is 38.6 Å². The van der Waals surface area contributed by atoms with E-state index in [1.807, 2.05) is 0 Å². The van der Waals surface area contributed by atoms with Crippen molar-refractivity contribution in [2.75, 3.05) is 18.9 Å². The Morgan fingerprint density at radius 1 is 1.20 bits per heavy atom. The molecular weight excluding hydrogens is 324 g/mol. The van der Waals surface area contributed by atoms with Gasteiger partial charge in [0.25, 0.3) is 10.0 Å². The SMILES string of the molecule is COc1ccc(NS(=O)(=O)c2ccc(Cl)s2)c(OC)n1. The maximum atomic E-state index is 12.2. The molecule has 0 aliphatic rings. The van der Waals surface area contributed by atoms with Gasteiger partial charge in [0.15, 0.2) is 0 Å². The van der Waals surface area contributed by atoms with E-state index in [-0.39, 0.29) is 15.8 Å². The zero-order valence-electron chi connectivity index (χ0n) is 10.6. The van der Waals surface area contributed by atoms with Crippen LogP contribution >= 0.6 is 22.9 Å². The van der Waals surface area contributed by atoms with Crippen molar-refractivity contribution in [2.24, 2.45) is 0 Å². The first kappa shape index (κ1) is 14.9. The number of anilines is 1. The second kappa shape index (κ2) is 5.86. The second-order valence-corrected chi connectivity index (χ2v) is 7.20. The Morgan fingerprint density at radius 2 is 1.95 bits per heavy atom. The van der Waals surface area contributed by atoms with Crippen molar-refractivity contribution in [1.82, 2.24) is 4.98 Å². The molecule has 0 aliphatic carbocycles. The Balaban J connectivity index is 2.34. The van der Waals surface area contributed by atoms with Crippen molar-refractivity contribution in [1.29, 1.82) is 0 Å². The minimum atomic E-state index is -3.72. The highest BCUT2D eigenvalue weighted by Gasteiger charge is 2.19. The summed E-state index contributed by atoms with van der Waals surface area (Å²) in [6.45, 7) is 0. The minimum absolute atomic E-state index is 0.111. The van der Waals surface area contributed by atoms with E-state index in [9.17, 15) is 8.42 Å². The predicted molar refractivity (Wildman–Crippen MR) is 77.5 cm³/mol. The maximum absolute atomic E-state index is 12.2. The van der Waals surface area contributed by atoms with Crippen LogP contribution in [0.5, 0.6) is 11.8 Å². The number of nitrogens with one attached hydrogen (secondary N) is 1. The zero-order valence-corrected chi connectivity index (χ0v) is 13.0. The van der Waals surface area contributed by atoms with Crippen LogP contribution in [0.3, 0.4) is 0 Å². The lowest BCUT2D eigenvalue weighted by Crippen LogP contribution is -2.12. The van der Waals surface area contributed by atoms with E-state index in [4.69, 9.17) is 21.1 Å². The normalized spacial score (nSPS) is 11.2. The number of ether oxygens (including phenoxy) is 2. The largest absolute Gasteiger partial charge is 0.481 e. The number of aromatic nitrogens is 1. The lowest BCUT2D eigenvalue weighted by molar-refractivity contribution is 0.366. The highest BCUT2D eigenvalue weighted by atomic mass is 35.5. The van der Waals surface area contributed by atoms with Crippen LogP contribution in [0.4, 0.5) is 5.69 Å². The van der Waals surface area contributed by atoms with Gasteiger partial charge in [-0.1, -0.05) is 11.6 Å². The number of nitrogens with zero attached hydrogens (tertiary/aromatic N) is 1. The summed E-state index contributed by atoms with van der Waals surface area (Å²) in [6.07, 6.45) is 0. The van der Waals surface area contributed by atoms with Gasteiger partial charge in [0.2, 0.25) is 11.8 Å². The van der Waals surface area contributed by atoms with Crippen LogP contribution in [0.25, 0.3) is 0 Å². The summed E-state index contributed by atoms with van der Waals surface area (Å²) in [6, 6.07) is 5.99. The van der Waals surface area contributed by atoms with Gasteiger partial charge in [0, 0.05) is 6.07 Å². The van der Waals surface area contributed by atoms with E-state index < -0.39 is 10.0 Å². The quantitative estimate of drug-likeness (QED) is 0.909. The number of hydrogen-bond donors (Lipinski definition) is 1. The molecule has 20 heavy (non-hydrogen) atoms. The van der Waals surface area contributed by atoms with Crippen LogP contribution in [0, 0.1) is 0 Å². The van der Waals surface area contributed by atoms with Gasteiger partial charge in [0.05, 0.1) is 18.6 Å². The molecular formula is C11H11ClN2O4S2. The number of rotatable bonds is 5. The molecule has 2 aromatic heterocycles. The van der Waals surface area contributed by atoms with Crippen LogP contribution in [0.1, 0.15) is 0 Å². The lowest BCUT2D eigenvalue weighted by Gasteiger charge is -2.10. The average molecular weight is 335 g/mol. The number of thiophene rings is 1. The summed E-state index contributed by atoms with van der Waals surface area (Å²) < 4.78 is 37.2. The third-order valence-electron chi connectivity index (χ3n) is 2.29. The molecule has 9 heteroatoms. The Morgan fingerprint density at radius 3 is 2.50 bits per heavy atom. The smallest absolute Gasteiger partial charge is 0.271 e. The summed E-state index contributed by atoms with van der Waals surface area (Å²) in [5.41, 5.74) is 0.220. The zero-order chi connectivity index (χ0) is 14.8. The van der Waals surface area contributed by atoms with E-state index >= 15 is 0 Å². The van der Waals surface area contributed by atoms with Crippen LogP contribution in [-0.2, 0) is 10.0 Å². The van der Waals surface area contributed by atoms with Gasteiger partial charge in [-0.3, -0.25) is 4.72 Å². The Kier molecular flexibility index (Phi) is 4.36. The van der Waals surface area contributed by atoms with Crippen molar-refractivity contribution in [3.8, 4) is 11.8 Å². The average Bonchev–Trinajstić information content (AvgIpc) is 2.86. The monoisotopic (exact) mass is 334 g/mol. The molecule has 1 N–H and O–H groups in total. The van der Waals surface area contributed by atoms with Gasteiger partial charge in [-0.15, -0.1) is 11.3 Å². The minimum Gasteiger partial charge on any atom is -0.481 e. The summed E-state index contributed by atoms with van der Waals surface area (Å²) in [5, 5.41) is 0. The summed E-state index contributed by atoms with van der Waals surface area (Å²) >= 11 is 6.70. The number of halogens is 1. The first-order chi connectivity index (χ1) is 9.46. The summed E-state index contributed by atoms with van der Waals surface area (Å²) in [5.74, 6) is 0.444. The molecule has 0 spiro atoms. The Hall–Kier alpha value is -1.51. The molecule has 0 bridgehead atoms. The molecule has 2 heterocycles. The molecule has 0 amide bonds. The fourth-order valence-electron chi connectivity index (χ4n) is 1.41. The molecule has 2 rings (SSSR count).